The molecule has 0 heterocycles. The Hall–Kier alpha value is -3.07. The highest BCUT2D eigenvalue weighted by Crippen LogP contribution is 2.27. The van der Waals surface area contributed by atoms with E-state index in [9.17, 15) is 13.2 Å². The summed E-state index contributed by atoms with van der Waals surface area (Å²) in [6.45, 7) is 4.04. The van der Waals surface area contributed by atoms with Crippen LogP contribution in [0.5, 0.6) is 11.5 Å². The standard InChI is InChI=1S/C26H29ClN2O5S/c1-4-34-25-15-14-22(17-23(25)27)35(31,32)29-24(16-19-8-6-5-7-9-19)26(30)28-18(2)20-10-12-21(33-3)13-11-20/h5-15,17-18,24,29H,4,16H2,1-3H3,(H,28,30)/t18-,24-/m0/s1. The van der Waals surface area contributed by atoms with Gasteiger partial charge in [-0.05, 0) is 61.7 Å². The molecule has 2 atom stereocenters. The highest BCUT2D eigenvalue weighted by atomic mass is 35.5. The van der Waals surface area contributed by atoms with Gasteiger partial charge in [-0.2, -0.15) is 4.72 Å². The van der Waals surface area contributed by atoms with Crippen LogP contribution < -0.4 is 19.5 Å². The zero-order valence-electron chi connectivity index (χ0n) is 19.8. The van der Waals surface area contributed by atoms with Gasteiger partial charge in [0.2, 0.25) is 15.9 Å². The van der Waals surface area contributed by atoms with Gasteiger partial charge in [-0.25, -0.2) is 8.42 Å². The van der Waals surface area contributed by atoms with E-state index in [4.69, 9.17) is 21.1 Å². The van der Waals surface area contributed by atoms with Crippen LogP contribution in [0.3, 0.4) is 0 Å². The fourth-order valence-corrected chi connectivity index (χ4v) is 5.03. The molecule has 7 nitrogen and oxygen atoms in total. The van der Waals surface area contributed by atoms with Crippen molar-refractivity contribution in [2.75, 3.05) is 13.7 Å². The molecule has 0 spiro atoms. The molecule has 0 aromatic heterocycles. The van der Waals surface area contributed by atoms with E-state index in [0.29, 0.717) is 18.1 Å². The molecular weight excluding hydrogens is 488 g/mol. The van der Waals surface area contributed by atoms with E-state index >= 15 is 0 Å². The second-order valence-electron chi connectivity index (χ2n) is 7.89. The zero-order valence-corrected chi connectivity index (χ0v) is 21.4. The van der Waals surface area contributed by atoms with Crippen LogP contribution >= 0.6 is 11.6 Å². The van der Waals surface area contributed by atoms with Crippen LogP contribution in [0.25, 0.3) is 0 Å². The summed E-state index contributed by atoms with van der Waals surface area (Å²) in [6, 6.07) is 19.3. The normalized spacial score (nSPS) is 13.0. The molecule has 0 aliphatic carbocycles. The second kappa shape index (κ2) is 12.1. The fraction of sp³-hybridized carbons (Fsp3) is 0.269. The van der Waals surface area contributed by atoms with Crippen LogP contribution in [0.1, 0.15) is 31.0 Å². The van der Waals surface area contributed by atoms with Crippen LogP contribution in [0.15, 0.2) is 77.7 Å². The van der Waals surface area contributed by atoms with Gasteiger partial charge in [0.1, 0.15) is 17.5 Å². The van der Waals surface area contributed by atoms with Crippen molar-refractivity contribution in [2.45, 2.75) is 37.2 Å². The molecule has 0 aliphatic rings. The SMILES string of the molecule is CCOc1ccc(S(=O)(=O)N[C@@H](Cc2ccccc2)C(=O)N[C@@H](C)c2ccc(OC)cc2)cc1Cl. The Morgan fingerprint density at radius 1 is 1.03 bits per heavy atom. The Labute approximate surface area is 211 Å². The van der Waals surface area contributed by atoms with Crippen molar-refractivity contribution < 1.29 is 22.7 Å². The monoisotopic (exact) mass is 516 g/mol. The predicted octanol–water partition coefficient (Wildman–Crippen LogP) is 4.51. The number of rotatable bonds is 11. The summed E-state index contributed by atoms with van der Waals surface area (Å²) in [6.07, 6.45) is 0.173. The van der Waals surface area contributed by atoms with Crippen molar-refractivity contribution in [3.63, 3.8) is 0 Å². The quantitative estimate of drug-likeness (QED) is 0.391. The summed E-state index contributed by atoms with van der Waals surface area (Å²) < 4.78 is 39.5. The number of carbonyl (C=O) groups excluding carboxylic acids is 1. The number of amides is 1. The number of hydrogen-bond donors (Lipinski definition) is 2. The van der Waals surface area contributed by atoms with Crippen LogP contribution in [0, 0.1) is 0 Å². The molecule has 3 aromatic rings. The Morgan fingerprint density at radius 3 is 2.31 bits per heavy atom. The smallest absolute Gasteiger partial charge is 0.241 e. The van der Waals surface area contributed by atoms with Crippen LogP contribution in [-0.2, 0) is 21.2 Å². The molecule has 2 N–H and O–H groups in total. The first-order valence-electron chi connectivity index (χ1n) is 11.2. The first kappa shape index (κ1) is 26.5. The lowest BCUT2D eigenvalue weighted by molar-refractivity contribution is -0.123. The van der Waals surface area contributed by atoms with Gasteiger partial charge in [-0.1, -0.05) is 54.1 Å². The fourth-order valence-electron chi connectivity index (χ4n) is 3.50. The van der Waals surface area contributed by atoms with Crippen molar-refractivity contribution >= 4 is 27.5 Å². The maximum absolute atomic E-state index is 13.3. The summed E-state index contributed by atoms with van der Waals surface area (Å²) in [4.78, 5) is 13.2. The third-order valence-corrected chi connectivity index (χ3v) is 7.15. The highest BCUT2D eigenvalue weighted by molar-refractivity contribution is 7.89. The lowest BCUT2D eigenvalue weighted by Crippen LogP contribution is -2.48. The average Bonchev–Trinajstić information content (AvgIpc) is 2.85. The van der Waals surface area contributed by atoms with Crippen molar-refractivity contribution in [1.82, 2.24) is 10.0 Å². The van der Waals surface area contributed by atoms with E-state index in [1.54, 1.807) is 19.2 Å². The lowest BCUT2D eigenvalue weighted by atomic mass is 10.0. The van der Waals surface area contributed by atoms with Gasteiger partial charge in [0.05, 0.1) is 29.7 Å². The first-order valence-corrected chi connectivity index (χ1v) is 13.0. The summed E-state index contributed by atoms with van der Waals surface area (Å²) >= 11 is 6.20. The van der Waals surface area contributed by atoms with Crippen LogP contribution in [0.4, 0.5) is 0 Å². The van der Waals surface area contributed by atoms with E-state index in [-0.39, 0.29) is 22.4 Å². The molecule has 0 fully saturated rings. The summed E-state index contributed by atoms with van der Waals surface area (Å²) in [5.41, 5.74) is 1.68. The Morgan fingerprint density at radius 2 is 1.71 bits per heavy atom. The van der Waals surface area contributed by atoms with Gasteiger partial charge < -0.3 is 14.8 Å². The third kappa shape index (κ3) is 7.21. The summed E-state index contributed by atoms with van der Waals surface area (Å²) in [7, 11) is -2.47. The van der Waals surface area contributed by atoms with Crippen LogP contribution in [-0.4, -0.2) is 34.1 Å². The molecule has 0 unspecified atom stereocenters. The van der Waals surface area contributed by atoms with E-state index in [2.05, 4.69) is 10.0 Å². The average molecular weight is 517 g/mol. The van der Waals surface area contributed by atoms with Gasteiger partial charge in [-0.15, -0.1) is 0 Å². The maximum Gasteiger partial charge on any atom is 0.241 e. The molecular formula is C26H29ClN2O5S. The van der Waals surface area contributed by atoms with Crippen molar-refractivity contribution in [3.05, 3.63) is 88.9 Å². The van der Waals surface area contributed by atoms with Crippen molar-refractivity contribution in [1.29, 1.82) is 0 Å². The van der Waals surface area contributed by atoms with Crippen molar-refractivity contribution in [3.8, 4) is 11.5 Å². The summed E-state index contributed by atoms with van der Waals surface area (Å²) in [5, 5.41) is 3.09. The summed E-state index contributed by atoms with van der Waals surface area (Å²) in [5.74, 6) is 0.647. The molecule has 186 valence electrons. The number of carbonyl (C=O) groups is 1. The molecule has 3 aromatic carbocycles. The minimum atomic E-state index is -4.06. The van der Waals surface area contributed by atoms with Gasteiger partial charge >= 0.3 is 0 Å². The molecule has 0 bridgehead atoms. The second-order valence-corrected chi connectivity index (χ2v) is 10.0. The molecule has 3 rings (SSSR count). The molecule has 35 heavy (non-hydrogen) atoms. The van der Waals surface area contributed by atoms with Gasteiger partial charge in [0.25, 0.3) is 0 Å². The molecule has 0 saturated heterocycles. The molecule has 0 aliphatic heterocycles. The number of methoxy groups -OCH3 is 1. The minimum Gasteiger partial charge on any atom is -0.497 e. The molecule has 1 amide bonds. The number of nitrogens with one attached hydrogen (secondary N) is 2. The van der Waals surface area contributed by atoms with E-state index in [1.165, 1.54) is 18.2 Å². The van der Waals surface area contributed by atoms with E-state index in [1.807, 2.05) is 56.3 Å². The Bertz CT molecular complexity index is 1230. The van der Waals surface area contributed by atoms with E-state index in [0.717, 1.165) is 11.1 Å². The molecule has 0 saturated carbocycles. The molecule has 0 radical (unpaired) electrons. The highest BCUT2D eigenvalue weighted by Gasteiger charge is 2.28. The molecule has 9 heteroatoms. The van der Waals surface area contributed by atoms with Gasteiger partial charge in [-0.3, -0.25) is 4.79 Å². The largest absolute Gasteiger partial charge is 0.497 e. The topological polar surface area (TPSA) is 93.7 Å². The van der Waals surface area contributed by atoms with Gasteiger partial charge in [0.15, 0.2) is 0 Å². The van der Waals surface area contributed by atoms with Gasteiger partial charge in [0, 0.05) is 0 Å². The Balaban J connectivity index is 1.83. The lowest BCUT2D eigenvalue weighted by Gasteiger charge is -2.22. The third-order valence-electron chi connectivity index (χ3n) is 5.38. The predicted molar refractivity (Wildman–Crippen MR) is 136 cm³/mol. The zero-order chi connectivity index (χ0) is 25.4. The maximum atomic E-state index is 13.3. The number of sulfonamides is 1. The van der Waals surface area contributed by atoms with Crippen LogP contribution in [0.2, 0.25) is 5.02 Å². The number of hydrogen-bond acceptors (Lipinski definition) is 5. The number of benzene rings is 3. The van der Waals surface area contributed by atoms with E-state index < -0.39 is 22.0 Å². The number of ether oxygens (including phenoxy) is 2. The first-order chi connectivity index (χ1) is 16.7. The minimum absolute atomic E-state index is 0.0555. The Kier molecular flexibility index (Phi) is 9.14. The number of halogens is 1. The van der Waals surface area contributed by atoms with Crippen molar-refractivity contribution in [2.24, 2.45) is 0 Å².